The summed E-state index contributed by atoms with van der Waals surface area (Å²) in [7, 11) is 2.97. The fourth-order valence-electron chi connectivity index (χ4n) is 3.46. The van der Waals surface area contributed by atoms with E-state index in [4.69, 9.17) is 10.5 Å². The van der Waals surface area contributed by atoms with Crippen molar-refractivity contribution in [2.24, 2.45) is 11.7 Å². The van der Waals surface area contributed by atoms with Gasteiger partial charge >= 0.3 is 0 Å². The van der Waals surface area contributed by atoms with E-state index in [0.717, 1.165) is 12.8 Å². The lowest BCUT2D eigenvalue weighted by molar-refractivity contribution is -0.117. The van der Waals surface area contributed by atoms with Crippen LogP contribution in [-0.2, 0) is 4.79 Å². The zero-order chi connectivity index (χ0) is 21.4. The van der Waals surface area contributed by atoms with Crippen LogP contribution in [-0.4, -0.2) is 41.8 Å². The van der Waals surface area contributed by atoms with Gasteiger partial charge in [-0.05, 0) is 30.5 Å². The number of aromatic amines is 1. The van der Waals surface area contributed by atoms with E-state index < -0.39 is 5.91 Å². The first kappa shape index (κ1) is 19.4. The molecule has 0 spiro atoms. The van der Waals surface area contributed by atoms with Crippen LogP contribution in [0.2, 0.25) is 0 Å². The number of anilines is 1. The Labute approximate surface area is 172 Å². The Kier molecular flexibility index (Phi) is 4.86. The van der Waals surface area contributed by atoms with Crippen molar-refractivity contribution in [3.63, 3.8) is 0 Å². The van der Waals surface area contributed by atoms with Gasteiger partial charge in [-0.3, -0.25) is 14.4 Å². The molecule has 0 atom stereocenters. The van der Waals surface area contributed by atoms with Crippen molar-refractivity contribution in [2.45, 2.75) is 12.8 Å². The second-order valence-corrected chi connectivity index (χ2v) is 7.08. The predicted molar refractivity (Wildman–Crippen MR) is 111 cm³/mol. The molecule has 0 saturated heterocycles. The van der Waals surface area contributed by atoms with E-state index in [1.54, 1.807) is 24.3 Å². The number of hydrogen-bond acceptors (Lipinski definition) is 5. The fraction of sp³-hybridized carbons (Fsp3) is 0.238. The predicted octanol–water partition coefficient (Wildman–Crippen LogP) is 2.05. The van der Waals surface area contributed by atoms with E-state index in [1.165, 1.54) is 20.4 Å². The second-order valence-electron chi connectivity index (χ2n) is 7.08. The van der Waals surface area contributed by atoms with E-state index in [1.807, 2.05) is 0 Å². The van der Waals surface area contributed by atoms with Crippen molar-refractivity contribution in [2.75, 3.05) is 19.5 Å². The molecule has 1 aromatic carbocycles. The fourth-order valence-corrected chi connectivity index (χ4v) is 3.46. The Hall–Kier alpha value is -3.88. The molecule has 0 aliphatic heterocycles. The van der Waals surface area contributed by atoms with E-state index in [9.17, 15) is 14.4 Å². The third-order valence-corrected chi connectivity index (χ3v) is 5.09. The summed E-state index contributed by atoms with van der Waals surface area (Å²) in [6.45, 7) is 0. The molecule has 2 aromatic heterocycles. The molecule has 1 fully saturated rings. The standard InChI is InChI=1S/C21H21N5O4/c1-23-21(29)13-9-24-15(26-20(28)10-6-7-10)8-12(13)11-4-3-5-14-16(11)18(30-2)17(25-14)19(22)27/h3-5,8-10,25H,6-7H2,1-2H3,(H2,22,27)(H,23,29)(H,24,26,28). The number of primary amides is 1. The van der Waals surface area contributed by atoms with Crippen LogP contribution in [0.15, 0.2) is 30.5 Å². The molecule has 5 N–H and O–H groups in total. The largest absolute Gasteiger partial charge is 0.494 e. The number of carbonyl (C=O) groups is 3. The van der Waals surface area contributed by atoms with Gasteiger partial charge in [0.05, 0.1) is 23.6 Å². The molecule has 9 nitrogen and oxygen atoms in total. The minimum atomic E-state index is -0.660. The number of fused-ring (bicyclic) bond motifs is 1. The quantitative estimate of drug-likeness (QED) is 0.495. The highest BCUT2D eigenvalue weighted by atomic mass is 16.5. The van der Waals surface area contributed by atoms with Gasteiger partial charge in [-0.15, -0.1) is 0 Å². The summed E-state index contributed by atoms with van der Waals surface area (Å²) < 4.78 is 5.47. The number of nitrogens with zero attached hydrogens (tertiary/aromatic N) is 1. The highest BCUT2D eigenvalue weighted by Gasteiger charge is 2.30. The van der Waals surface area contributed by atoms with Crippen LogP contribution in [0.4, 0.5) is 5.82 Å². The summed E-state index contributed by atoms with van der Waals surface area (Å²) >= 11 is 0. The molecule has 2 heterocycles. The van der Waals surface area contributed by atoms with Crippen LogP contribution in [0.1, 0.15) is 33.7 Å². The third kappa shape index (κ3) is 3.34. The van der Waals surface area contributed by atoms with Crippen LogP contribution in [0.3, 0.4) is 0 Å². The average molecular weight is 407 g/mol. The van der Waals surface area contributed by atoms with Gasteiger partial charge < -0.3 is 26.1 Å². The zero-order valence-corrected chi connectivity index (χ0v) is 16.5. The molecule has 1 aliphatic carbocycles. The minimum Gasteiger partial charge on any atom is -0.494 e. The van der Waals surface area contributed by atoms with E-state index in [2.05, 4.69) is 20.6 Å². The lowest BCUT2D eigenvalue weighted by Crippen LogP contribution is -2.20. The van der Waals surface area contributed by atoms with Crippen molar-refractivity contribution in [3.05, 3.63) is 41.7 Å². The van der Waals surface area contributed by atoms with Crippen LogP contribution in [0, 0.1) is 5.92 Å². The van der Waals surface area contributed by atoms with Crippen LogP contribution < -0.4 is 21.1 Å². The minimum absolute atomic E-state index is 0.0141. The van der Waals surface area contributed by atoms with Crippen molar-refractivity contribution in [1.82, 2.24) is 15.3 Å². The number of rotatable bonds is 6. The first-order chi connectivity index (χ1) is 14.4. The number of methoxy groups -OCH3 is 1. The summed E-state index contributed by atoms with van der Waals surface area (Å²) in [4.78, 5) is 43.8. The number of H-pyrrole nitrogens is 1. The highest BCUT2D eigenvalue weighted by molar-refractivity contribution is 6.11. The van der Waals surface area contributed by atoms with Gasteiger partial charge in [-0.25, -0.2) is 4.98 Å². The molecule has 3 aromatic rings. The molecule has 4 rings (SSSR count). The lowest BCUT2D eigenvalue weighted by atomic mass is 9.97. The Balaban J connectivity index is 1.93. The third-order valence-electron chi connectivity index (χ3n) is 5.09. The number of hydrogen-bond donors (Lipinski definition) is 4. The molecule has 1 aliphatic rings. The van der Waals surface area contributed by atoms with Crippen molar-refractivity contribution >= 4 is 34.4 Å². The van der Waals surface area contributed by atoms with Gasteiger partial charge in [0.1, 0.15) is 11.5 Å². The topological polar surface area (TPSA) is 139 Å². The number of ether oxygens (including phenoxy) is 1. The van der Waals surface area contributed by atoms with E-state index in [-0.39, 0.29) is 29.2 Å². The van der Waals surface area contributed by atoms with Gasteiger partial charge in [0.25, 0.3) is 11.8 Å². The van der Waals surface area contributed by atoms with Crippen molar-refractivity contribution in [3.8, 4) is 16.9 Å². The van der Waals surface area contributed by atoms with E-state index in [0.29, 0.717) is 33.4 Å². The van der Waals surface area contributed by atoms with Gasteiger partial charge in [0.2, 0.25) is 5.91 Å². The van der Waals surface area contributed by atoms with E-state index >= 15 is 0 Å². The normalized spacial score (nSPS) is 13.1. The highest BCUT2D eigenvalue weighted by Crippen LogP contribution is 2.39. The van der Waals surface area contributed by atoms with Gasteiger partial charge in [0.15, 0.2) is 5.75 Å². The summed E-state index contributed by atoms with van der Waals surface area (Å²) in [5, 5.41) is 6.01. The molecule has 0 bridgehead atoms. The first-order valence-electron chi connectivity index (χ1n) is 9.46. The molecule has 1 saturated carbocycles. The van der Waals surface area contributed by atoms with Crippen molar-refractivity contribution < 1.29 is 19.1 Å². The number of aromatic nitrogens is 2. The van der Waals surface area contributed by atoms with Gasteiger partial charge in [0, 0.05) is 24.7 Å². The van der Waals surface area contributed by atoms with Crippen LogP contribution in [0.25, 0.3) is 22.0 Å². The molecular weight excluding hydrogens is 386 g/mol. The zero-order valence-electron chi connectivity index (χ0n) is 16.5. The monoisotopic (exact) mass is 407 g/mol. The van der Waals surface area contributed by atoms with Gasteiger partial charge in [-0.1, -0.05) is 12.1 Å². The summed E-state index contributed by atoms with van der Waals surface area (Å²) in [6.07, 6.45) is 3.15. The summed E-state index contributed by atoms with van der Waals surface area (Å²) in [5.41, 5.74) is 7.74. The molecule has 0 radical (unpaired) electrons. The number of nitrogens with two attached hydrogens (primary N) is 1. The lowest BCUT2D eigenvalue weighted by Gasteiger charge is -2.13. The van der Waals surface area contributed by atoms with Gasteiger partial charge in [-0.2, -0.15) is 0 Å². The SMILES string of the molecule is CNC(=O)c1cnc(NC(=O)C2CC2)cc1-c1cccc2[nH]c(C(N)=O)c(OC)c12. The number of nitrogens with one attached hydrogen (secondary N) is 3. The molecular formula is C21H21N5O4. The second kappa shape index (κ2) is 7.51. The Bertz CT molecular complexity index is 1180. The maximum Gasteiger partial charge on any atom is 0.269 e. The molecule has 3 amide bonds. The number of benzene rings is 1. The molecule has 154 valence electrons. The van der Waals surface area contributed by atoms with Crippen LogP contribution in [0.5, 0.6) is 5.75 Å². The summed E-state index contributed by atoms with van der Waals surface area (Å²) in [5.74, 6) is -0.436. The van der Waals surface area contributed by atoms with Crippen molar-refractivity contribution in [1.29, 1.82) is 0 Å². The Morgan fingerprint density at radius 3 is 2.63 bits per heavy atom. The Morgan fingerprint density at radius 2 is 2.00 bits per heavy atom. The molecule has 0 unspecified atom stereocenters. The summed E-state index contributed by atoms with van der Waals surface area (Å²) in [6, 6.07) is 7.02. The number of amides is 3. The average Bonchev–Trinajstić information content (AvgIpc) is 3.52. The maximum absolute atomic E-state index is 12.5. The first-order valence-corrected chi connectivity index (χ1v) is 9.46. The molecule has 30 heavy (non-hydrogen) atoms. The smallest absolute Gasteiger partial charge is 0.269 e. The Morgan fingerprint density at radius 1 is 1.23 bits per heavy atom. The number of pyridine rings is 1. The molecule has 9 heteroatoms. The number of carbonyl (C=O) groups excluding carboxylic acids is 3. The van der Waals surface area contributed by atoms with Crippen LogP contribution >= 0.6 is 0 Å². The maximum atomic E-state index is 12.5.